The maximum absolute atomic E-state index is 12.8. The first-order valence-corrected chi connectivity index (χ1v) is 9.37. The van der Waals surface area contributed by atoms with E-state index in [0.717, 1.165) is 30.9 Å². The zero-order valence-corrected chi connectivity index (χ0v) is 16.3. The van der Waals surface area contributed by atoms with Crippen molar-refractivity contribution in [2.24, 2.45) is 0 Å². The lowest BCUT2D eigenvalue weighted by molar-refractivity contribution is 0.355. The number of fused-ring (bicyclic) bond motifs is 1. The third-order valence-electron chi connectivity index (χ3n) is 5.11. The van der Waals surface area contributed by atoms with Gasteiger partial charge in [-0.1, -0.05) is 0 Å². The maximum atomic E-state index is 12.8. The largest absolute Gasteiger partial charge is 0.493 e. The van der Waals surface area contributed by atoms with Gasteiger partial charge in [0.15, 0.2) is 16.9 Å². The first-order valence-electron chi connectivity index (χ1n) is 9.37. The SMILES string of the molecule is COc1ccc(-c2cc(=O)c3cc(N4CCN[C@@H](C)C4)ccc3o2)cc1OC. The van der Waals surface area contributed by atoms with Crippen LogP contribution in [0.5, 0.6) is 11.5 Å². The lowest BCUT2D eigenvalue weighted by Crippen LogP contribution is -2.49. The number of piperazine rings is 1. The van der Waals surface area contributed by atoms with E-state index in [1.54, 1.807) is 26.4 Å². The van der Waals surface area contributed by atoms with E-state index in [9.17, 15) is 4.79 Å². The third-order valence-corrected chi connectivity index (χ3v) is 5.11. The number of hydrogen-bond donors (Lipinski definition) is 1. The van der Waals surface area contributed by atoms with Crippen molar-refractivity contribution in [3.63, 3.8) is 0 Å². The maximum Gasteiger partial charge on any atom is 0.193 e. The van der Waals surface area contributed by atoms with E-state index in [4.69, 9.17) is 13.9 Å². The van der Waals surface area contributed by atoms with Gasteiger partial charge in [-0.2, -0.15) is 0 Å². The minimum absolute atomic E-state index is 0.0592. The van der Waals surface area contributed by atoms with Gasteiger partial charge in [0.1, 0.15) is 11.3 Å². The van der Waals surface area contributed by atoms with Crippen molar-refractivity contribution in [2.75, 3.05) is 38.8 Å². The quantitative estimate of drug-likeness (QED) is 0.749. The second-order valence-corrected chi connectivity index (χ2v) is 7.03. The summed E-state index contributed by atoms with van der Waals surface area (Å²) >= 11 is 0. The minimum Gasteiger partial charge on any atom is -0.493 e. The Balaban J connectivity index is 1.73. The number of ether oxygens (including phenoxy) is 2. The molecule has 0 spiro atoms. The third kappa shape index (κ3) is 3.43. The van der Waals surface area contributed by atoms with Crippen LogP contribution in [0.2, 0.25) is 0 Å². The molecule has 1 aliphatic heterocycles. The zero-order valence-electron chi connectivity index (χ0n) is 16.3. The molecule has 4 rings (SSSR count). The molecule has 0 saturated carbocycles. The van der Waals surface area contributed by atoms with Crippen molar-refractivity contribution >= 4 is 16.7 Å². The second kappa shape index (κ2) is 7.56. The summed E-state index contributed by atoms with van der Waals surface area (Å²) in [6, 6.07) is 13.2. The van der Waals surface area contributed by atoms with Crippen molar-refractivity contribution in [3.8, 4) is 22.8 Å². The smallest absolute Gasteiger partial charge is 0.193 e. The van der Waals surface area contributed by atoms with Crippen LogP contribution in [0.25, 0.3) is 22.3 Å². The fourth-order valence-electron chi connectivity index (χ4n) is 3.64. The Morgan fingerprint density at radius 3 is 2.64 bits per heavy atom. The fraction of sp³-hybridized carbons (Fsp3) is 0.318. The molecule has 2 heterocycles. The summed E-state index contributed by atoms with van der Waals surface area (Å²) in [5.41, 5.74) is 2.32. The van der Waals surface area contributed by atoms with Gasteiger partial charge in [-0.05, 0) is 43.3 Å². The van der Waals surface area contributed by atoms with Crippen LogP contribution in [0.15, 0.2) is 51.7 Å². The molecule has 1 N–H and O–H groups in total. The normalized spacial score (nSPS) is 17.0. The summed E-state index contributed by atoms with van der Waals surface area (Å²) in [6.07, 6.45) is 0. The Bertz CT molecular complexity index is 1060. The summed E-state index contributed by atoms with van der Waals surface area (Å²) < 4.78 is 16.7. The number of methoxy groups -OCH3 is 2. The molecular weight excluding hydrogens is 356 g/mol. The minimum atomic E-state index is -0.0592. The number of anilines is 1. The van der Waals surface area contributed by atoms with Crippen molar-refractivity contribution in [2.45, 2.75) is 13.0 Å². The number of nitrogens with zero attached hydrogens (tertiary/aromatic N) is 1. The van der Waals surface area contributed by atoms with Gasteiger partial charge in [-0.3, -0.25) is 4.79 Å². The van der Waals surface area contributed by atoms with Crippen LogP contribution in [0.3, 0.4) is 0 Å². The highest BCUT2D eigenvalue weighted by Gasteiger charge is 2.17. The molecule has 0 radical (unpaired) electrons. The van der Waals surface area contributed by atoms with Gasteiger partial charge in [0.2, 0.25) is 0 Å². The summed E-state index contributed by atoms with van der Waals surface area (Å²) in [5, 5.41) is 4.02. The van der Waals surface area contributed by atoms with Crippen LogP contribution in [-0.2, 0) is 0 Å². The molecule has 1 aliphatic rings. The van der Waals surface area contributed by atoms with E-state index in [-0.39, 0.29) is 5.43 Å². The summed E-state index contributed by atoms with van der Waals surface area (Å²) in [7, 11) is 3.17. The number of nitrogens with one attached hydrogen (secondary N) is 1. The molecule has 0 amide bonds. The molecule has 2 aromatic carbocycles. The van der Waals surface area contributed by atoms with Gasteiger partial charge in [0, 0.05) is 43.0 Å². The average molecular weight is 380 g/mol. The molecule has 0 bridgehead atoms. The summed E-state index contributed by atoms with van der Waals surface area (Å²) in [5.74, 6) is 1.72. The molecule has 6 heteroatoms. The monoisotopic (exact) mass is 380 g/mol. The molecule has 1 aromatic heterocycles. The molecule has 1 atom stereocenters. The molecule has 1 saturated heterocycles. The van der Waals surface area contributed by atoms with E-state index in [1.165, 1.54) is 6.07 Å². The van der Waals surface area contributed by atoms with Crippen molar-refractivity contribution < 1.29 is 13.9 Å². The van der Waals surface area contributed by atoms with Gasteiger partial charge < -0.3 is 24.1 Å². The number of hydrogen-bond acceptors (Lipinski definition) is 6. The van der Waals surface area contributed by atoms with Crippen LogP contribution >= 0.6 is 0 Å². The fourth-order valence-corrected chi connectivity index (χ4v) is 3.64. The van der Waals surface area contributed by atoms with Crippen LogP contribution in [-0.4, -0.2) is 39.9 Å². The van der Waals surface area contributed by atoms with E-state index in [1.807, 2.05) is 24.3 Å². The van der Waals surface area contributed by atoms with Gasteiger partial charge in [-0.15, -0.1) is 0 Å². The zero-order chi connectivity index (χ0) is 19.7. The van der Waals surface area contributed by atoms with Crippen LogP contribution in [0, 0.1) is 0 Å². The number of rotatable bonds is 4. The van der Waals surface area contributed by atoms with E-state index >= 15 is 0 Å². The molecule has 146 valence electrons. The predicted octanol–water partition coefficient (Wildman–Crippen LogP) is 3.28. The Morgan fingerprint density at radius 2 is 1.89 bits per heavy atom. The van der Waals surface area contributed by atoms with Gasteiger partial charge >= 0.3 is 0 Å². The number of benzene rings is 2. The van der Waals surface area contributed by atoms with Crippen molar-refractivity contribution in [3.05, 3.63) is 52.7 Å². The summed E-state index contributed by atoms with van der Waals surface area (Å²) in [4.78, 5) is 15.1. The summed E-state index contributed by atoms with van der Waals surface area (Å²) in [6.45, 7) is 4.94. The first kappa shape index (κ1) is 18.4. The molecule has 0 unspecified atom stereocenters. The first-order chi connectivity index (χ1) is 13.6. The van der Waals surface area contributed by atoms with Gasteiger partial charge in [-0.25, -0.2) is 0 Å². The standard InChI is InChI=1S/C22H24N2O4/c1-14-13-24(9-8-23-14)16-5-7-19-17(11-16)18(25)12-21(28-19)15-4-6-20(26-2)22(10-15)27-3/h4-7,10-12,14,23H,8-9,13H2,1-3H3/t14-/m0/s1. The lowest BCUT2D eigenvalue weighted by atomic mass is 10.1. The van der Waals surface area contributed by atoms with Crippen LogP contribution in [0.1, 0.15) is 6.92 Å². The van der Waals surface area contributed by atoms with Crippen LogP contribution < -0.4 is 25.1 Å². The van der Waals surface area contributed by atoms with Crippen LogP contribution in [0.4, 0.5) is 5.69 Å². The molecule has 28 heavy (non-hydrogen) atoms. The van der Waals surface area contributed by atoms with E-state index < -0.39 is 0 Å². The molecule has 3 aromatic rings. The Kier molecular flexibility index (Phi) is 4.96. The van der Waals surface area contributed by atoms with E-state index in [2.05, 4.69) is 17.1 Å². The predicted molar refractivity (Wildman–Crippen MR) is 111 cm³/mol. The lowest BCUT2D eigenvalue weighted by Gasteiger charge is -2.33. The van der Waals surface area contributed by atoms with Crippen molar-refractivity contribution in [1.29, 1.82) is 0 Å². The topological polar surface area (TPSA) is 63.9 Å². The highest BCUT2D eigenvalue weighted by atomic mass is 16.5. The molecule has 6 nitrogen and oxygen atoms in total. The van der Waals surface area contributed by atoms with Gasteiger partial charge in [0.25, 0.3) is 0 Å². The molecule has 0 aliphatic carbocycles. The average Bonchev–Trinajstić information content (AvgIpc) is 2.73. The Morgan fingerprint density at radius 1 is 1.07 bits per heavy atom. The molecule has 1 fully saturated rings. The highest BCUT2D eigenvalue weighted by molar-refractivity contribution is 5.82. The Hall–Kier alpha value is -2.99. The van der Waals surface area contributed by atoms with Crippen molar-refractivity contribution in [1.82, 2.24) is 5.32 Å². The Labute approximate surface area is 163 Å². The van der Waals surface area contributed by atoms with E-state index in [0.29, 0.717) is 34.3 Å². The molecular formula is C22H24N2O4. The second-order valence-electron chi connectivity index (χ2n) is 7.03. The highest BCUT2D eigenvalue weighted by Crippen LogP contribution is 2.33. The van der Waals surface area contributed by atoms with Gasteiger partial charge in [0.05, 0.1) is 19.6 Å².